The monoisotopic (exact) mass is 352 g/mol. The Morgan fingerprint density at radius 2 is 1.68 bits per heavy atom. The summed E-state index contributed by atoms with van der Waals surface area (Å²) in [6.07, 6.45) is 8.28. The number of nitrogens with zero attached hydrogens (tertiary/aromatic N) is 2. The van der Waals surface area contributed by atoms with Crippen LogP contribution in [0.4, 0.5) is 4.79 Å². The van der Waals surface area contributed by atoms with Gasteiger partial charge in [-0.3, -0.25) is 4.90 Å². The van der Waals surface area contributed by atoms with E-state index < -0.39 is 0 Å². The minimum atomic E-state index is 0.159. The summed E-state index contributed by atoms with van der Waals surface area (Å²) in [7, 11) is 0. The average molecular weight is 353 g/mol. The number of nitrogens with one attached hydrogen (secondary N) is 2. The molecule has 2 heterocycles. The number of piperidine rings is 1. The lowest BCUT2D eigenvalue weighted by atomic mass is 9.95. The molecule has 2 amide bonds. The second kappa shape index (κ2) is 9.74. The number of carbonyl (C=O) groups excluding carboxylic acids is 1. The van der Waals surface area contributed by atoms with Crippen LogP contribution in [-0.2, 0) is 4.74 Å². The highest BCUT2D eigenvalue weighted by Gasteiger charge is 2.26. The van der Waals surface area contributed by atoms with E-state index in [1.807, 2.05) is 4.90 Å². The molecule has 2 N–H and O–H groups in total. The Balaban J connectivity index is 1.32. The molecular weight excluding hydrogens is 316 g/mol. The Morgan fingerprint density at radius 3 is 2.36 bits per heavy atom. The van der Waals surface area contributed by atoms with E-state index in [9.17, 15) is 4.79 Å². The van der Waals surface area contributed by atoms with Gasteiger partial charge in [-0.25, -0.2) is 4.79 Å². The van der Waals surface area contributed by atoms with Crippen LogP contribution in [-0.4, -0.2) is 79.9 Å². The van der Waals surface area contributed by atoms with Gasteiger partial charge in [0.15, 0.2) is 0 Å². The summed E-state index contributed by atoms with van der Waals surface area (Å²) in [5.41, 5.74) is 0. The molecule has 0 bridgehead atoms. The molecular formula is C19H36N4O2. The van der Waals surface area contributed by atoms with Gasteiger partial charge in [0.1, 0.15) is 0 Å². The summed E-state index contributed by atoms with van der Waals surface area (Å²) in [6.45, 7) is 8.93. The molecule has 0 spiro atoms. The molecule has 0 unspecified atom stereocenters. The maximum Gasteiger partial charge on any atom is 0.317 e. The van der Waals surface area contributed by atoms with Crippen molar-refractivity contribution in [3.8, 4) is 0 Å². The average Bonchev–Trinajstić information content (AvgIpc) is 2.64. The number of urea groups is 1. The Kier molecular flexibility index (Phi) is 7.37. The summed E-state index contributed by atoms with van der Waals surface area (Å²) in [6, 6.07) is 1.60. The highest BCUT2D eigenvalue weighted by molar-refractivity contribution is 5.74. The highest BCUT2D eigenvalue weighted by Crippen LogP contribution is 2.18. The standard InChI is InChI=1S/C19H36N4O2/c1-16(15-22-11-13-25-14-12-22)20-18-7-9-23(10-8-18)19(24)21-17-5-3-2-4-6-17/h16-18,20H,2-15H2,1H3,(H,21,24)/t16-/m1/s1. The third kappa shape index (κ3) is 6.12. The largest absolute Gasteiger partial charge is 0.379 e. The molecule has 2 saturated heterocycles. The van der Waals surface area contributed by atoms with Gasteiger partial charge in [-0.2, -0.15) is 0 Å². The van der Waals surface area contributed by atoms with Gasteiger partial charge in [-0.15, -0.1) is 0 Å². The molecule has 3 aliphatic rings. The summed E-state index contributed by atoms with van der Waals surface area (Å²) in [5.74, 6) is 0. The Hall–Kier alpha value is -0.850. The third-order valence-electron chi connectivity index (χ3n) is 5.87. The lowest BCUT2D eigenvalue weighted by Gasteiger charge is -2.36. The quantitative estimate of drug-likeness (QED) is 0.792. The molecule has 25 heavy (non-hydrogen) atoms. The normalized spacial score (nSPS) is 25.7. The zero-order valence-electron chi connectivity index (χ0n) is 15.8. The van der Waals surface area contributed by atoms with Crippen LogP contribution in [0.1, 0.15) is 51.9 Å². The van der Waals surface area contributed by atoms with Crippen molar-refractivity contribution >= 4 is 6.03 Å². The number of likely N-dealkylation sites (tertiary alicyclic amines) is 1. The second-order valence-corrected chi connectivity index (χ2v) is 8.03. The van der Waals surface area contributed by atoms with Crippen LogP contribution in [0.3, 0.4) is 0 Å². The fourth-order valence-corrected chi connectivity index (χ4v) is 4.39. The van der Waals surface area contributed by atoms with Gasteiger partial charge >= 0.3 is 6.03 Å². The highest BCUT2D eigenvalue weighted by atomic mass is 16.5. The van der Waals surface area contributed by atoms with E-state index in [4.69, 9.17) is 4.74 Å². The van der Waals surface area contributed by atoms with Gasteiger partial charge in [-0.1, -0.05) is 19.3 Å². The topological polar surface area (TPSA) is 56.8 Å². The number of hydrogen-bond donors (Lipinski definition) is 2. The first-order valence-corrected chi connectivity index (χ1v) is 10.3. The van der Waals surface area contributed by atoms with E-state index in [2.05, 4.69) is 22.5 Å². The van der Waals surface area contributed by atoms with Crippen molar-refractivity contribution in [3.63, 3.8) is 0 Å². The molecule has 0 aromatic rings. The maximum atomic E-state index is 12.4. The van der Waals surface area contributed by atoms with Crippen molar-refractivity contribution in [1.29, 1.82) is 0 Å². The Bertz CT molecular complexity index is 400. The number of amides is 2. The van der Waals surface area contributed by atoms with E-state index in [-0.39, 0.29) is 6.03 Å². The summed E-state index contributed by atoms with van der Waals surface area (Å²) in [4.78, 5) is 16.9. The number of carbonyl (C=O) groups is 1. The molecule has 0 radical (unpaired) electrons. The molecule has 3 rings (SSSR count). The number of rotatable bonds is 5. The molecule has 2 aliphatic heterocycles. The summed E-state index contributed by atoms with van der Waals surface area (Å²) in [5, 5.41) is 7.01. The van der Waals surface area contributed by atoms with Crippen molar-refractivity contribution in [2.75, 3.05) is 45.9 Å². The van der Waals surface area contributed by atoms with E-state index in [1.165, 1.54) is 19.3 Å². The van der Waals surface area contributed by atoms with Crippen LogP contribution in [0.2, 0.25) is 0 Å². The first-order valence-electron chi connectivity index (χ1n) is 10.3. The SMILES string of the molecule is C[C@H](CN1CCOCC1)NC1CCN(C(=O)NC2CCCCC2)CC1. The maximum absolute atomic E-state index is 12.4. The molecule has 0 aromatic heterocycles. The predicted molar refractivity (Wildman–Crippen MR) is 99.9 cm³/mol. The lowest BCUT2D eigenvalue weighted by molar-refractivity contribution is 0.0334. The van der Waals surface area contributed by atoms with Crippen molar-refractivity contribution in [1.82, 2.24) is 20.4 Å². The molecule has 144 valence electrons. The van der Waals surface area contributed by atoms with Crippen molar-refractivity contribution < 1.29 is 9.53 Å². The minimum Gasteiger partial charge on any atom is -0.379 e. The van der Waals surface area contributed by atoms with E-state index in [0.29, 0.717) is 18.1 Å². The molecule has 6 heteroatoms. The fourth-order valence-electron chi connectivity index (χ4n) is 4.39. The molecule has 0 aromatic carbocycles. The van der Waals surface area contributed by atoms with Crippen molar-refractivity contribution in [3.05, 3.63) is 0 Å². The molecule has 1 atom stereocenters. The second-order valence-electron chi connectivity index (χ2n) is 8.03. The number of morpholine rings is 1. The van der Waals surface area contributed by atoms with E-state index in [1.54, 1.807) is 0 Å². The fraction of sp³-hybridized carbons (Fsp3) is 0.947. The van der Waals surface area contributed by atoms with Crippen LogP contribution in [0, 0.1) is 0 Å². The molecule has 1 saturated carbocycles. The summed E-state index contributed by atoms with van der Waals surface area (Å²) >= 11 is 0. The van der Waals surface area contributed by atoms with Crippen LogP contribution < -0.4 is 10.6 Å². The first-order chi connectivity index (χ1) is 12.2. The first kappa shape index (κ1) is 18.9. The predicted octanol–water partition coefficient (Wildman–Crippen LogP) is 1.80. The zero-order chi connectivity index (χ0) is 17.5. The van der Waals surface area contributed by atoms with Gasteiger partial charge in [0.2, 0.25) is 0 Å². The van der Waals surface area contributed by atoms with Crippen molar-refractivity contribution in [2.24, 2.45) is 0 Å². The minimum absolute atomic E-state index is 0.159. The van der Waals surface area contributed by atoms with Gasteiger partial charge in [0.05, 0.1) is 13.2 Å². The van der Waals surface area contributed by atoms with Gasteiger partial charge < -0.3 is 20.3 Å². The van der Waals surface area contributed by atoms with Crippen LogP contribution >= 0.6 is 0 Å². The number of ether oxygens (including phenoxy) is 1. The van der Waals surface area contributed by atoms with Crippen molar-refractivity contribution in [2.45, 2.75) is 70.0 Å². The van der Waals surface area contributed by atoms with E-state index in [0.717, 1.165) is 71.6 Å². The smallest absolute Gasteiger partial charge is 0.317 e. The van der Waals surface area contributed by atoms with Crippen LogP contribution in [0.15, 0.2) is 0 Å². The van der Waals surface area contributed by atoms with Gasteiger partial charge in [0, 0.05) is 50.8 Å². The van der Waals surface area contributed by atoms with E-state index >= 15 is 0 Å². The zero-order valence-corrected chi connectivity index (χ0v) is 15.8. The third-order valence-corrected chi connectivity index (χ3v) is 5.87. The number of hydrogen-bond acceptors (Lipinski definition) is 4. The van der Waals surface area contributed by atoms with Crippen LogP contribution in [0.5, 0.6) is 0 Å². The Labute approximate surface area is 152 Å². The lowest BCUT2D eigenvalue weighted by Crippen LogP contribution is -2.53. The Morgan fingerprint density at radius 1 is 1.00 bits per heavy atom. The van der Waals surface area contributed by atoms with Gasteiger partial charge in [0.25, 0.3) is 0 Å². The van der Waals surface area contributed by atoms with Crippen LogP contribution in [0.25, 0.3) is 0 Å². The molecule has 3 fully saturated rings. The molecule has 1 aliphatic carbocycles. The van der Waals surface area contributed by atoms with Gasteiger partial charge in [-0.05, 0) is 32.6 Å². The molecule has 6 nitrogen and oxygen atoms in total. The summed E-state index contributed by atoms with van der Waals surface area (Å²) < 4.78 is 5.41.